The third-order valence-corrected chi connectivity index (χ3v) is 2.05. The van der Waals surface area contributed by atoms with Crippen LogP contribution >= 0.6 is 0 Å². The molecule has 0 aromatic rings. The highest BCUT2D eigenvalue weighted by Gasteiger charge is 2.19. The number of carbonyl (C=O) groups excluding carboxylic acids is 2. The highest BCUT2D eigenvalue weighted by atomic mass is 16.6. The molecule has 1 radical (unpaired) electrons. The van der Waals surface area contributed by atoms with E-state index in [2.05, 4.69) is 5.32 Å². The second kappa shape index (κ2) is 8.05. The lowest BCUT2D eigenvalue weighted by Gasteiger charge is -2.19. The number of unbranched alkanes of at least 4 members (excludes halogenated alkanes) is 1. The van der Waals surface area contributed by atoms with E-state index < -0.39 is 23.5 Å². The smallest absolute Gasteiger partial charge is 0.331 e. The normalized spacial score (nSPS) is 12.9. The average Bonchev–Trinajstić information content (AvgIpc) is 2.23. The SMILES string of the molecule is CC(C)(C)OC(=O)[CH]NC(=O)[C@@H](N)CCCCN. The van der Waals surface area contributed by atoms with E-state index in [1.807, 2.05) is 0 Å². The van der Waals surface area contributed by atoms with Gasteiger partial charge in [-0.15, -0.1) is 0 Å². The van der Waals surface area contributed by atoms with Crippen molar-refractivity contribution < 1.29 is 14.3 Å². The zero-order chi connectivity index (χ0) is 14.2. The van der Waals surface area contributed by atoms with Gasteiger partial charge in [0.25, 0.3) is 0 Å². The van der Waals surface area contributed by atoms with Crippen LogP contribution in [-0.4, -0.2) is 30.1 Å². The van der Waals surface area contributed by atoms with Crippen molar-refractivity contribution in [3.8, 4) is 0 Å². The number of carbonyl (C=O) groups is 2. The summed E-state index contributed by atoms with van der Waals surface area (Å²) in [5.41, 5.74) is 10.4. The quantitative estimate of drug-likeness (QED) is 0.442. The molecular weight excluding hydrogens is 234 g/mol. The molecule has 0 heterocycles. The Bertz CT molecular complexity index is 274. The second-order valence-corrected chi connectivity index (χ2v) is 5.08. The number of amides is 1. The van der Waals surface area contributed by atoms with Crippen molar-refractivity contribution in [1.29, 1.82) is 0 Å². The molecule has 1 amide bonds. The van der Waals surface area contributed by atoms with Gasteiger partial charge in [-0.2, -0.15) is 0 Å². The molecule has 0 saturated heterocycles. The zero-order valence-electron chi connectivity index (χ0n) is 11.4. The van der Waals surface area contributed by atoms with Crippen molar-refractivity contribution in [2.45, 2.75) is 51.7 Å². The van der Waals surface area contributed by atoms with Gasteiger partial charge in [-0.05, 0) is 40.2 Å². The van der Waals surface area contributed by atoms with Crippen LogP contribution in [0.3, 0.4) is 0 Å². The van der Waals surface area contributed by atoms with Gasteiger partial charge < -0.3 is 21.5 Å². The zero-order valence-corrected chi connectivity index (χ0v) is 11.4. The molecule has 105 valence electrons. The maximum Gasteiger partial charge on any atom is 0.331 e. The predicted octanol–water partition coefficient (Wildman–Crippen LogP) is 0.0624. The molecule has 0 unspecified atom stereocenters. The van der Waals surface area contributed by atoms with Gasteiger partial charge in [0.05, 0.1) is 6.04 Å². The van der Waals surface area contributed by atoms with Crippen molar-refractivity contribution in [1.82, 2.24) is 5.32 Å². The van der Waals surface area contributed by atoms with Gasteiger partial charge in [0, 0.05) is 0 Å². The lowest BCUT2D eigenvalue weighted by atomic mass is 10.1. The molecule has 1 atom stereocenters. The molecule has 5 N–H and O–H groups in total. The highest BCUT2D eigenvalue weighted by Crippen LogP contribution is 2.07. The summed E-state index contributed by atoms with van der Waals surface area (Å²) in [6.07, 6.45) is 2.17. The molecule has 0 aliphatic rings. The fourth-order valence-electron chi connectivity index (χ4n) is 1.21. The molecule has 0 aromatic carbocycles. The van der Waals surface area contributed by atoms with E-state index in [1.165, 1.54) is 0 Å². The van der Waals surface area contributed by atoms with Crippen LogP contribution in [0.15, 0.2) is 0 Å². The Morgan fingerprint density at radius 2 is 1.94 bits per heavy atom. The minimum atomic E-state index is -0.629. The van der Waals surface area contributed by atoms with Crippen LogP contribution in [0, 0.1) is 6.54 Å². The summed E-state index contributed by atoms with van der Waals surface area (Å²) in [4.78, 5) is 22.8. The summed E-state index contributed by atoms with van der Waals surface area (Å²) in [6, 6.07) is -0.629. The van der Waals surface area contributed by atoms with Crippen LogP contribution in [0.4, 0.5) is 0 Å². The van der Waals surface area contributed by atoms with Crippen molar-refractivity contribution >= 4 is 11.9 Å². The standard InChI is InChI=1S/C12H24N3O3/c1-12(2,3)18-10(16)8-15-11(17)9(14)6-4-5-7-13/h8-9H,4-7,13-14H2,1-3H3,(H,15,17)/t9-/m0/s1. The van der Waals surface area contributed by atoms with Crippen LogP contribution < -0.4 is 16.8 Å². The van der Waals surface area contributed by atoms with Crippen molar-refractivity contribution in [2.75, 3.05) is 6.54 Å². The molecule has 0 saturated carbocycles. The molecule has 18 heavy (non-hydrogen) atoms. The molecule has 6 heteroatoms. The molecular formula is C12H24N3O3. The number of nitrogens with two attached hydrogens (primary N) is 2. The van der Waals surface area contributed by atoms with E-state index >= 15 is 0 Å². The molecule has 6 nitrogen and oxygen atoms in total. The second-order valence-electron chi connectivity index (χ2n) is 5.08. The fraction of sp³-hybridized carbons (Fsp3) is 0.750. The summed E-state index contributed by atoms with van der Waals surface area (Å²) >= 11 is 0. The third-order valence-electron chi connectivity index (χ3n) is 2.05. The Balaban J connectivity index is 3.85. The van der Waals surface area contributed by atoms with Crippen molar-refractivity contribution in [3.05, 3.63) is 6.54 Å². The first-order valence-electron chi connectivity index (χ1n) is 6.08. The van der Waals surface area contributed by atoms with Gasteiger partial charge in [0.1, 0.15) is 5.60 Å². The molecule has 0 aliphatic heterocycles. The fourth-order valence-corrected chi connectivity index (χ4v) is 1.21. The van der Waals surface area contributed by atoms with E-state index in [4.69, 9.17) is 16.2 Å². The minimum absolute atomic E-state index is 0.391. The van der Waals surface area contributed by atoms with Gasteiger partial charge in [-0.1, -0.05) is 6.42 Å². The summed E-state index contributed by atoms with van der Waals surface area (Å²) < 4.78 is 5.00. The van der Waals surface area contributed by atoms with E-state index in [0.717, 1.165) is 19.4 Å². The maximum atomic E-state index is 11.5. The number of hydrogen-bond donors (Lipinski definition) is 3. The monoisotopic (exact) mass is 258 g/mol. The predicted molar refractivity (Wildman–Crippen MR) is 69.2 cm³/mol. The van der Waals surface area contributed by atoms with Crippen LogP contribution in [0.5, 0.6) is 0 Å². The first kappa shape index (κ1) is 16.9. The summed E-state index contributed by atoms with van der Waals surface area (Å²) in [5.74, 6) is -0.983. The van der Waals surface area contributed by atoms with Crippen molar-refractivity contribution in [2.24, 2.45) is 11.5 Å². The van der Waals surface area contributed by atoms with Gasteiger partial charge in [-0.3, -0.25) is 4.79 Å². The van der Waals surface area contributed by atoms with E-state index in [0.29, 0.717) is 13.0 Å². The van der Waals surface area contributed by atoms with Gasteiger partial charge in [0.15, 0.2) is 6.54 Å². The average molecular weight is 258 g/mol. The van der Waals surface area contributed by atoms with E-state index in [-0.39, 0.29) is 0 Å². The van der Waals surface area contributed by atoms with Crippen LogP contribution in [0.2, 0.25) is 0 Å². The number of ether oxygens (including phenoxy) is 1. The van der Waals surface area contributed by atoms with E-state index in [1.54, 1.807) is 20.8 Å². The summed E-state index contributed by atoms with van der Waals surface area (Å²) in [7, 11) is 0. The maximum absolute atomic E-state index is 11.5. The summed E-state index contributed by atoms with van der Waals surface area (Å²) in [5, 5.41) is 2.34. The first-order chi connectivity index (χ1) is 8.26. The Morgan fingerprint density at radius 3 is 2.44 bits per heavy atom. The van der Waals surface area contributed by atoms with Crippen LogP contribution in [0.25, 0.3) is 0 Å². The van der Waals surface area contributed by atoms with Gasteiger partial charge >= 0.3 is 5.97 Å². The Kier molecular flexibility index (Phi) is 7.54. The summed E-state index contributed by atoms with van der Waals surface area (Å²) in [6.45, 7) is 6.83. The third kappa shape index (κ3) is 8.95. The van der Waals surface area contributed by atoms with E-state index in [9.17, 15) is 9.59 Å². The number of esters is 1. The minimum Gasteiger partial charge on any atom is -0.458 e. The molecule has 0 bridgehead atoms. The largest absolute Gasteiger partial charge is 0.458 e. The molecule has 0 spiro atoms. The molecule has 0 aromatic heterocycles. The van der Waals surface area contributed by atoms with Gasteiger partial charge in [0.2, 0.25) is 5.91 Å². The molecule has 0 aliphatic carbocycles. The van der Waals surface area contributed by atoms with Crippen LogP contribution in [-0.2, 0) is 14.3 Å². The number of rotatable bonds is 7. The lowest BCUT2D eigenvalue weighted by molar-refractivity contribution is -0.151. The molecule has 0 rings (SSSR count). The van der Waals surface area contributed by atoms with Gasteiger partial charge in [-0.25, -0.2) is 4.79 Å². The first-order valence-corrected chi connectivity index (χ1v) is 6.08. The number of nitrogens with one attached hydrogen (secondary N) is 1. The van der Waals surface area contributed by atoms with Crippen LogP contribution in [0.1, 0.15) is 40.0 Å². The Labute approximate surface area is 108 Å². The lowest BCUT2D eigenvalue weighted by Crippen LogP contribution is -2.41. The highest BCUT2D eigenvalue weighted by molar-refractivity contribution is 5.88. The molecule has 0 fully saturated rings. The Morgan fingerprint density at radius 1 is 1.33 bits per heavy atom. The topological polar surface area (TPSA) is 107 Å². The van der Waals surface area contributed by atoms with Crippen molar-refractivity contribution in [3.63, 3.8) is 0 Å². The Hall–Kier alpha value is -1.14. The number of hydrogen-bond acceptors (Lipinski definition) is 5.